The summed E-state index contributed by atoms with van der Waals surface area (Å²) in [4.78, 5) is 4.39. The fraction of sp³-hybridized carbons (Fsp3) is 0.214. The summed E-state index contributed by atoms with van der Waals surface area (Å²) in [6.07, 6.45) is 1.84. The summed E-state index contributed by atoms with van der Waals surface area (Å²) in [5.74, 6) is 0.531. The molecule has 2 rings (SSSR count). The van der Waals surface area contributed by atoms with E-state index < -0.39 is 0 Å². The van der Waals surface area contributed by atoms with E-state index in [0.29, 0.717) is 5.92 Å². The fourth-order valence-electron chi connectivity index (χ4n) is 1.76. The van der Waals surface area contributed by atoms with Gasteiger partial charge in [0.25, 0.3) is 0 Å². The lowest BCUT2D eigenvalue weighted by Crippen LogP contribution is -1.93. The van der Waals surface area contributed by atoms with Gasteiger partial charge in [-0.1, -0.05) is 44.2 Å². The summed E-state index contributed by atoms with van der Waals surface area (Å²) in [5.41, 5.74) is 3.66. The van der Waals surface area contributed by atoms with Crippen LogP contribution in [0.25, 0.3) is 11.3 Å². The summed E-state index contributed by atoms with van der Waals surface area (Å²) in [5, 5.41) is 0. The van der Waals surface area contributed by atoms with Gasteiger partial charge in [0.05, 0.1) is 5.69 Å². The summed E-state index contributed by atoms with van der Waals surface area (Å²) in [6.45, 7) is 4.42. The molecule has 0 spiro atoms. The average molecular weight is 197 g/mol. The van der Waals surface area contributed by atoms with Gasteiger partial charge in [-0.25, -0.2) is 0 Å². The first-order valence-electron chi connectivity index (χ1n) is 5.29. The van der Waals surface area contributed by atoms with Gasteiger partial charge in [0.2, 0.25) is 0 Å². The minimum Gasteiger partial charge on any atom is -0.256 e. The summed E-state index contributed by atoms with van der Waals surface area (Å²) in [6, 6.07) is 14.5. The highest BCUT2D eigenvalue weighted by atomic mass is 14.7. The van der Waals surface area contributed by atoms with Crippen LogP contribution in [0, 0.1) is 0 Å². The summed E-state index contributed by atoms with van der Waals surface area (Å²) < 4.78 is 0. The Morgan fingerprint density at radius 1 is 0.933 bits per heavy atom. The number of hydrogen-bond acceptors (Lipinski definition) is 1. The molecule has 0 aliphatic carbocycles. The zero-order valence-corrected chi connectivity index (χ0v) is 9.14. The maximum Gasteiger partial charge on any atom is 0.0704 e. The average Bonchev–Trinajstić information content (AvgIpc) is 2.30. The van der Waals surface area contributed by atoms with Gasteiger partial charge < -0.3 is 0 Å². The number of hydrogen-bond donors (Lipinski definition) is 0. The second-order valence-corrected chi connectivity index (χ2v) is 3.96. The summed E-state index contributed by atoms with van der Waals surface area (Å²) >= 11 is 0. The number of rotatable bonds is 2. The van der Waals surface area contributed by atoms with Crippen molar-refractivity contribution in [3.63, 3.8) is 0 Å². The Balaban J connectivity index is 2.53. The highest BCUT2D eigenvalue weighted by Gasteiger charge is 2.07. The number of aromatic nitrogens is 1. The van der Waals surface area contributed by atoms with E-state index in [9.17, 15) is 0 Å². The minimum atomic E-state index is 0.531. The van der Waals surface area contributed by atoms with Crippen molar-refractivity contribution in [1.29, 1.82) is 0 Å². The first-order valence-corrected chi connectivity index (χ1v) is 5.29. The lowest BCUT2D eigenvalue weighted by Gasteiger charge is -2.11. The molecule has 1 nitrogen and oxygen atoms in total. The maximum atomic E-state index is 4.39. The van der Waals surface area contributed by atoms with Gasteiger partial charge in [-0.3, -0.25) is 4.98 Å². The zero-order chi connectivity index (χ0) is 10.7. The SMILES string of the molecule is CC(C)c1ccccc1-c1ccccn1. The van der Waals surface area contributed by atoms with Crippen molar-refractivity contribution in [2.75, 3.05) is 0 Å². The van der Waals surface area contributed by atoms with E-state index >= 15 is 0 Å². The van der Waals surface area contributed by atoms with Crippen LogP contribution in [0.15, 0.2) is 48.7 Å². The van der Waals surface area contributed by atoms with Crippen molar-refractivity contribution in [2.45, 2.75) is 19.8 Å². The van der Waals surface area contributed by atoms with Crippen LogP contribution in [0.2, 0.25) is 0 Å². The third-order valence-corrected chi connectivity index (χ3v) is 2.52. The first kappa shape index (κ1) is 9.91. The topological polar surface area (TPSA) is 12.9 Å². The largest absolute Gasteiger partial charge is 0.256 e. The van der Waals surface area contributed by atoms with Crippen LogP contribution in [0.4, 0.5) is 0 Å². The molecule has 0 atom stereocenters. The van der Waals surface area contributed by atoms with Crippen LogP contribution in [-0.4, -0.2) is 4.98 Å². The third-order valence-electron chi connectivity index (χ3n) is 2.52. The molecule has 0 unspecified atom stereocenters. The van der Waals surface area contributed by atoms with Gasteiger partial charge in [-0.2, -0.15) is 0 Å². The molecule has 1 heteroatoms. The lowest BCUT2D eigenvalue weighted by atomic mass is 9.95. The van der Waals surface area contributed by atoms with Crippen molar-refractivity contribution in [3.05, 3.63) is 54.2 Å². The molecule has 0 amide bonds. The second-order valence-electron chi connectivity index (χ2n) is 3.96. The number of pyridine rings is 1. The number of nitrogens with zero attached hydrogens (tertiary/aromatic N) is 1. The van der Waals surface area contributed by atoms with Crippen molar-refractivity contribution in [1.82, 2.24) is 4.98 Å². The second kappa shape index (κ2) is 4.26. The predicted molar refractivity (Wildman–Crippen MR) is 63.8 cm³/mol. The maximum absolute atomic E-state index is 4.39. The van der Waals surface area contributed by atoms with Crippen LogP contribution in [-0.2, 0) is 0 Å². The molecule has 76 valence electrons. The molecule has 2 aromatic rings. The van der Waals surface area contributed by atoms with Crippen molar-refractivity contribution >= 4 is 0 Å². The van der Waals surface area contributed by atoms with Crippen molar-refractivity contribution < 1.29 is 0 Å². The Morgan fingerprint density at radius 2 is 1.67 bits per heavy atom. The lowest BCUT2D eigenvalue weighted by molar-refractivity contribution is 0.868. The van der Waals surface area contributed by atoms with E-state index in [0.717, 1.165) is 5.69 Å². The van der Waals surface area contributed by atoms with E-state index in [2.05, 4.69) is 49.2 Å². The fourth-order valence-corrected chi connectivity index (χ4v) is 1.76. The Bertz CT molecular complexity index is 432. The van der Waals surface area contributed by atoms with Gasteiger partial charge in [0.15, 0.2) is 0 Å². The Labute approximate surface area is 90.8 Å². The molecule has 15 heavy (non-hydrogen) atoms. The quantitative estimate of drug-likeness (QED) is 0.712. The van der Waals surface area contributed by atoms with E-state index in [-0.39, 0.29) is 0 Å². The number of benzene rings is 1. The molecule has 0 bridgehead atoms. The molecule has 0 fully saturated rings. The molecule has 0 saturated heterocycles. The molecule has 1 aromatic heterocycles. The normalized spacial score (nSPS) is 10.6. The minimum absolute atomic E-state index is 0.531. The summed E-state index contributed by atoms with van der Waals surface area (Å²) in [7, 11) is 0. The van der Waals surface area contributed by atoms with Gasteiger partial charge in [0.1, 0.15) is 0 Å². The highest BCUT2D eigenvalue weighted by Crippen LogP contribution is 2.27. The molecule has 1 aromatic carbocycles. The molecule has 0 aliphatic heterocycles. The smallest absolute Gasteiger partial charge is 0.0704 e. The molecule has 0 saturated carbocycles. The molecule has 1 heterocycles. The van der Waals surface area contributed by atoms with Gasteiger partial charge in [-0.05, 0) is 23.6 Å². The predicted octanol–water partition coefficient (Wildman–Crippen LogP) is 3.87. The molecular weight excluding hydrogens is 182 g/mol. The Hall–Kier alpha value is -1.63. The van der Waals surface area contributed by atoms with Crippen molar-refractivity contribution in [2.24, 2.45) is 0 Å². The van der Waals surface area contributed by atoms with Crippen LogP contribution < -0.4 is 0 Å². The van der Waals surface area contributed by atoms with Crippen LogP contribution >= 0.6 is 0 Å². The molecular formula is C14H15N. The van der Waals surface area contributed by atoms with E-state index in [1.165, 1.54) is 11.1 Å². The zero-order valence-electron chi connectivity index (χ0n) is 9.14. The first-order chi connectivity index (χ1) is 7.29. The van der Waals surface area contributed by atoms with Crippen molar-refractivity contribution in [3.8, 4) is 11.3 Å². The monoisotopic (exact) mass is 197 g/mol. The Morgan fingerprint density at radius 3 is 2.33 bits per heavy atom. The highest BCUT2D eigenvalue weighted by molar-refractivity contribution is 5.64. The van der Waals surface area contributed by atoms with Gasteiger partial charge in [0, 0.05) is 11.8 Å². The molecule has 0 aliphatic rings. The van der Waals surface area contributed by atoms with Gasteiger partial charge >= 0.3 is 0 Å². The van der Waals surface area contributed by atoms with E-state index in [1.807, 2.05) is 18.3 Å². The van der Waals surface area contributed by atoms with Crippen LogP contribution in [0.1, 0.15) is 25.3 Å². The molecule has 0 radical (unpaired) electrons. The van der Waals surface area contributed by atoms with Gasteiger partial charge in [-0.15, -0.1) is 0 Å². The van der Waals surface area contributed by atoms with E-state index in [1.54, 1.807) is 0 Å². The van der Waals surface area contributed by atoms with Crippen LogP contribution in [0.5, 0.6) is 0 Å². The standard InChI is InChI=1S/C14H15N/c1-11(2)12-7-3-4-8-13(12)14-9-5-6-10-15-14/h3-11H,1-2H3. The third kappa shape index (κ3) is 2.07. The Kier molecular flexibility index (Phi) is 2.82. The van der Waals surface area contributed by atoms with E-state index in [4.69, 9.17) is 0 Å². The van der Waals surface area contributed by atoms with Crippen LogP contribution in [0.3, 0.4) is 0 Å². The molecule has 0 N–H and O–H groups in total.